The van der Waals surface area contributed by atoms with Crippen molar-refractivity contribution in [1.29, 1.82) is 0 Å². The number of hydrogen-bond acceptors (Lipinski definition) is 6. The summed E-state index contributed by atoms with van der Waals surface area (Å²) in [6, 6.07) is 9.94. The summed E-state index contributed by atoms with van der Waals surface area (Å²) in [5.41, 5.74) is 0.809. The van der Waals surface area contributed by atoms with Crippen molar-refractivity contribution in [1.82, 2.24) is 5.06 Å². The van der Waals surface area contributed by atoms with Gasteiger partial charge >= 0.3 is 12.2 Å². The van der Waals surface area contributed by atoms with Crippen molar-refractivity contribution in [3.05, 3.63) is 48.6 Å². The predicted octanol–water partition coefficient (Wildman–Crippen LogP) is 8.58. The van der Waals surface area contributed by atoms with Gasteiger partial charge in [-0.25, -0.2) is 9.59 Å². The van der Waals surface area contributed by atoms with E-state index in [0.29, 0.717) is 24.5 Å². The summed E-state index contributed by atoms with van der Waals surface area (Å²) < 4.78 is 11.7. The van der Waals surface area contributed by atoms with Crippen molar-refractivity contribution < 1.29 is 23.9 Å². The molecule has 1 fully saturated rings. The summed E-state index contributed by atoms with van der Waals surface area (Å²) in [7, 11) is 0. The molecule has 2 aliphatic heterocycles. The van der Waals surface area contributed by atoms with Gasteiger partial charge in [0.15, 0.2) is 0 Å². The first-order valence-corrected chi connectivity index (χ1v) is 15.5. The van der Waals surface area contributed by atoms with Gasteiger partial charge in [0.2, 0.25) is 0 Å². The van der Waals surface area contributed by atoms with E-state index in [1.807, 2.05) is 65.8 Å². The van der Waals surface area contributed by atoms with E-state index in [1.54, 1.807) is 15.9 Å². The lowest BCUT2D eigenvalue weighted by Crippen LogP contribution is -2.58. The fraction of sp³-hybridized carbons (Fsp3) is 0.600. The molecular formula is C35H51N3O5. The molecule has 1 atom stereocenters. The van der Waals surface area contributed by atoms with Gasteiger partial charge in [-0.05, 0) is 106 Å². The van der Waals surface area contributed by atoms with E-state index >= 15 is 0 Å². The molecule has 236 valence electrons. The Morgan fingerprint density at radius 2 is 1.56 bits per heavy atom. The van der Waals surface area contributed by atoms with Crippen LogP contribution in [0.5, 0.6) is 0 Å². The zero-order chi connectivity index (χ0) is 32.0. The maximum Gasteiger partial charge on any atom is 0.415 e. The number of benzene rings is 2. The molecule has 0 spiro atoms. The summed E-state index contributed by atoms with van der Waals surface area (Å²) >= 11 is 0. The van der Waals surface area contributed by atoms with Crippen molar-refractivity contribution in [3.63, 3.8) is 0 Å². The smallest absolute Gasteiger partial charge is 0.415 e. The first kappa shape index (κ1) is 32.8. The zero-order valence-electron chi connectivity index (χ0n) is 27.9. The molecule has 2 aromatic carbocycles. The molecule has 1 saturated heterocycles. The Morgan fingerprint density at radius 1 is 0.977 bits per heavy atom. The van der Waals surface area contributed by atoms with E-state index in [1.165, 1.54) is 0 Å². The monoisotopic (exact) mass is 593 g/mol. The Labute approximate surface area is 257 Å². The number of carbonyl (C=O) groups excluding carboxylic acids is 2. The normalized spacial score (nSPS) is 20.0. The molecule has 0 aromatic heterocycles. The van der Waals surface area contributed by atoms with Crippen LogP contribution in [-0.2, 0) is 14.3 Å². The fourth-order valence-corrected chi connectivity index (χ4v) is 6.48. The van der Waals surface area contributed by atoms with Crippen LogP contribution in [-0.4, -0.2) is 59.2 Å². The summed E-state index contributed by atoms with van der Waals surface area (Å²) in [5, 5.41) is 4.03. The van der Waals surface area contributed by atoms with E-state index in [0.717, 1.165) is 35.6 Å². The second-order valence-corrected chi connectivity index (χ2v) is 15.1. The molecule has 0 radical (unpaired) electrons. The Hall–Kier alpha value is -3.10. The van der Waals surface area contributed by atoms with Crippen LogP contribution in [0.1, 0.15) is 100.0 Å². The standard InChI is InChI=1S/C35H51N3O5/c1-12-20-36(30(39)42-32(2,3)4)27-21-28-29(26-17-14-13-16-25(26)27)24(22-37(28)31(40)43-33(5,6)7)23-41-38-34(8,9)18-15-19-35(38,10)11/h12-14,16-17,21,24H,1,15,18-20,22-23H2,2-11H3. The van der Waals surface area contributed by atoms with E-state index in [4.69, 9.17) is 14.3 Å². The predicted molar refractivity (Wildman–Crippen MR) is 174 cm³/mol. The van der Waals surface area contributed by atoms with Gasteiger partial charge in [0.1, 0.15) is 11.2 Å². The van der Waals surface area contributed by atoms with Gasteiger partial charge in [0, 0.05) is 35.5 Å². The SMILES string of the molecule is C=CCN(C(=O)OC(C)(C)C)c1cc2c(c3ccccc13)C(CON1C(C)(C)CCCC1(C)C)CN2C(=O)OC(C)(C)C. The maximum atomic E-state index is 13.7. The van der Waals surface area contributed by atoms with E-state index in [2.05, 4.69) is 45.4 Å². The Morgan fingerprint density at radius 3 is 2.12 bits per heavy atom. The number of piperidine rings is 1. The fourth-order valence-electron chi connectivity index (χ4n) is 6.48. The lowest BCUT2D eigenvalue weighted by molar-refractivity contribution is -0.282. The van der Waals surface area contributed by atoms with E-state index in [9.17, 15) is 9.59 Å². The average molecular weight is 594 g/mol. The van der Waals surface area contributed by atoms with Gasteiger partial charge in [-0.3, -0.25) is 14.6 Å². The Kier molecular flexibility index (Phi) is 8.98. The minimum Gasteiger partial charge on any atom is -0.443 e. The molecule has 0 saturated carbocycles. The highest BCUT2D eigenvalue weighted by Gasteiger charge is 2.44. The number of amides is 2. The molecule has 1 unspecified atom stereocenters. The minimum absolute atomic E-state index is 0.107. The van der Waals surface area contributed by atoms with Crippen molar-refractivity contribution in [3.8, 4) is 0 Å². The summed E-state index contributed by atoms with van der Waals surface area (Å²) in [5.74, 6) is -0.107. The quantitative estimate of drug-likeness (QED) is 0.313. The molecule has 43 heavy (non-hydrogen) atoms. The second-order valence-electron chi connectivity index (χ2n) is 15.1. The van der Waals surface area contributed by atoms with Crippen LogP contribution < -0.4 is 9.80 Å². The van der Waals surface area contributed by atoms with Crippen molar-refractivity contribution in [2.24, 2.45) is 0 Å². The van der Waals surface area contributed by atoms with Crippen LogP contribution in [0.15, 0.2) is 43.0 Å². The Bertz CT molecular complexity index is 1350. The Balaban J connectivity index is 1.84. The number of hydroxylamine groups is 2. The highest BCUT2D eigenvalue weighted by Crippen LogP contribution is 2.47. The molecule has 2 aliphatic rings. The van der Waals surface area contributed by atoms with Crippen molar-refractivity contribution >= 4 is 34.3 Å². The van der Waals surface area contributed by atoms with Gasteiger partial charge in [0.05, 0.1) is 18.0 Å². The van der Waals surface area contributed by atoms with Crippen molar-refractivity contribution in [2.45, 2.75) is 117 Å². The van der Waals surface area contributed by atoms with Crippen LogP contribution in [0.3, 0.4) is 0 Å². The molecular weight excluding hydrogens is 542 g/mol. The van der Waals surface area contributed by atoms with Crippen LogP contribution >= 0.6 is 0 Å². The molecule has 0 bridgehead atoms. The minimum atomic E-state index is -0.677. The van der Waals surface area contributed by atoms with Gasteiger partial charge in [0.25, 0.3) is 0 Å². The third-order valence-electron chi connectivity index (χ3n) is 8.06. The number of fused-ring (bicyclic) bond motifs is 3. The van der Waals surface area contributed by atoms with Crippen LogP contribution in [0, 0.1) is 0 Å². The summed E-state index contributed by atoms with van der Waals surface area (Å²) in [4.78, 5) is 37.1. The van der Waals surface area contributed by atoms with Gasteiger partial charge < -0.3 is 9.47 Å². The number of carbonyl (C=O) groups is 2. The molecule has 8 heteroatoms. The van der Waals surface area contributed by atoms with E-state index < -0.39 is 23.4 Å². The van der Waals surface area contributed by atoms with E-state index in [-0.39, 0.29) is 23.5 Å². The molecule has 2 heterocycles. The lowest BCUT2D eigenvalue weighted by atomic mass is 9.82. The summed E-state index contributed by atoms with van der Waals surface area (Å²) in [6.45, 7) is 25.0. The number of hydrogen-bond donors (Lipinski definition) is 0. The second kappa shape index (κ2) is 11.8. The lowest BCUT2D eigenvalue weighted by Gasteiger charge is -2.51. The molecule has 2 amide bonds. The first-order chi connectivity index (χ1) is 19.8. The van der Waals surface area contributed by atoms with Crippen LogP contribution in [0.2, 0.25) is 0 Å². The molecule has 2 aromatic rings. The largest absolute Gasteiger partial charge is 0.443 e. The number of nitrogens with zero attached hydrogens (tertiary/aromatic N) is 3. The molecule has 8 nitrogen and oxygen atoms in total. The van der Waals surface area contributed by atoms with Crippen LogP contribution in [0.4, 0.5) is 21.0 Å². The molecule has 4 rings (SSSR count). The number of rotatable bonds is 6. The van der Waals surface area contributed by atoms with Crippen molar-refractivity contribution in [2.75, 3.05) is 29.5 Å². The van der Waals surface area contributed by atoms with Gasteiger partial charge in [-0.2, -0.15) is 5.06 Å². The molecule has 0 aliphatic carbocycles. The molecule has 0 N–H and O–H groups in total. The van der Waals surface area contributed by atoms with Gasteiger partial charge in [-0.1, -0.05) is 30.3 Å². The highest BCUT2D eigenvalue weighted by molar-refractivity contribution is 6.08. The maximum absolute atomic E-state index is 13.7. The third-order valence-corrected chi connectivity index (χ3v) is 8.06. The summed E-state index contributed by atoms with van der Waals surface area (Å²) in [6.07, 6.45) is 4.04. The third kappa shape index (κ3) is 7.18. The zero-order valence-corrected chi connectivity index (χ0v) is 27.9. The number of anilines is 2. The first-order valence-electron chi connectivity index (χ1n) is 15.5. The van der Waals surface area contributed by atoms with Crippen LogP contribution in [0.25, 0.3) is 10.8 Å². The number of ether oxygens (including phenoxy) is 2. The highest BCUT2D eigenvalue weighted by atomic mass is 16.7. The average Bonchev–Trinajstić information content (AvgIpc) is 3.22. The van der Waals surface area contributed by atoms with Gasteiger partial charge in [-0.15, -0.1) is 6.58 Å². The topological polar surface area (TPSA) is 71.6 Å².